The first kappa shape index (κ1) is 35.7. The number of carbonyl (C=O) groups is 6. The molecule has 242 valence electrons. The zero-order valence-corrected chi connectivity index (χ0v) is 24.8. The molecule has 5 amide bonds. The number of H-pyrrole nitrogens is 2. The van der Waals surface area contributed by atoms with E-state index in [2.05, 4.69) is 41.2 Å². The van der Waals surface area contributed by atoms with Crippen LogP contribution in [0.5, 0.6) is 0 Å². The number of aliphatic carboxylic acids is 1. The Balaban J connectivity index is 2.24. The van der Waals surface area contributed by atoms with Crippen molar-refractivity contribution in [3.05, 3.63) is 36.4 Å². The second kappa shape index (κ2) is 18.2. The molecule has 0 radical (unpaired) electrons. The molecule has 44 heavy (non-hydrogen) atoms. The van der Waals surface area contributed by atoms with Crippen LogP contribution in [0.3, 0.4) is 0 Å². The predicted molar refractivity (Wildman–Crippen MR) is 156 cm³/mol. The van der Waals surface area contributed by atoms with Crippen molar-refractivity contribution in [2.24, 2.45) is 11.5 Å². The van der Waals surface area contributed by atoms with Gasteiger partial charge in [0.05, 0.1) is 19.3 Å². The zero-order valence-electron chi connectivity index (χ0n) is 23.9. The van der Waals surface area contributed by atoms with Gasteiger partial charge in [0.2, 0.25) is 29.5 Å². The first-order valence-corrected chi connectivity index (χ1v) is 14.9. The molecule has 12 N–H and O–H groups in total. The Morgan fingerprint density at radius 2 is 1.30 bits per heavy atom. The SMILES string of the molecule is CSCC[C@H](NC(=O)[C@H](CCC(N)=O)NC(=O)[C@@H](N)CO)C(=O)N[C@@H](Cc1cnc[nH]1)C(=O)N[C@@H](Cc1cnc[nH]1)C(=O)O. The topological polar surface area (TPSA) is 300 Å². The summed E-state index contributed by atoms with van der Waals surface area (Å²) in [4.78, 5) is 88.8. The highest BCUT2D eigenvalue weighted by Gasteiger charge is 2.32. The van der Waals surface area contributed by atoms with Gasteiger partial charge < -0.3 is 52.9 Å². The number of primary amides is 1. The molecule has 0 saturated carbocycles. The average molecular weight is 639 g/mol. The molecule has 2 aromatic heterocycles. The fraction of sp³-hybridized carbons (Fsp3) is 0.520. The highest BCUT2D eigenvalue weighted by molar-refractivity contribution is 7.98. The number of nitrogens with two attached hydrogens (primary N) is 2. The Hall–Kier alpha value is -4.49. The first-order chi connectivity index (χ1) is 20.9. The molecule has 0 aromatic carbocycles. The molecular weight excluding hydrogens is 600 g/mol. The summed E-state index contributed by atoms with van der Waals surface area (Å²) in [5.74, 6) is -4.89. The van der Waals surface area contributed by atoms with Gasteiger partial charge in [-0.2, -0.15) is 11.8 Å². The van der Waals surface area contributed by atoms with Gasteiger partial charge >= 0.3 is 5.97 Å². The van der Waals surface area contributed by atoms with E-state index in [1.54, 1.807) is 6.26 Å². The molecule has 0 bridgehead atoms. The number of carboxylic acids is 1. The van der Waals surface area contributed by atoms with Crippen molar-refractivity contribution in [1.82, 2.24) is 41.2 Å². The average Bonchev–Trinajstić information content (AvgIpc) is 3.70. The summed E-state index contributed by atoms with van der Waals surface area (Å²) in [6.07, 6.45) is 6.81. The summed E-state index contributed by atoms with van der Waals surface area (Å²) in [5, 5.41) is 28.7. The maximum absolute atomic E-state index is 13.5. The number of amides is 5. The van der Waals surface area contributed by atoms with Crippen molar-refractivity contribution in [2.45, 2.75) is 62.3 Å². The van der Waals surface area contributed by atoms with Gasteiger partial charge in [0.25, 0.3) is 0 Å². The van der Waals surface area contributed by atoms with Crippen LogP contribution in [-0.4, -0.2) is 114 Å². The van der Waals surface area contributed by atoms with E-state index in [9.17, 15) is 33.9 Å². The molecule has 19 heteroatoms. The first-order valence-electron chi connectivity index (χ1n) is 13.5. The smallest absolute Gasteiger partial charge is 0.326 e. The number of imidazole rings is 2. The van der Waals surface area contributed by atoms with Crippen molar-refractivity contribution in [1.29, 1.82) is 0 Å². The molecule has 0 aliphatic carbocycles. The molecular formula is C25H38N10O8S. The van der Waals surface area contributed by atoms with Crippen LogP contribution in [0.1, 0.15) is 30.7 Å². The second-order valence-electron chi connectivity index (χ2n) is 9.72. The van der Waals surface area contributed by atoms with Crippen molar-refractivity contribution in [3.63, 3.8) is 0 Å². The van der Waals surface area contributed by atoms with Gasteiger partial charge in [0, 0.05) is 43.0 Å². The molecule has 2 aromatic rings. The molecule has 0 fully saturated rings. The second-order valence-corrected chi connectivity index (χ2v) is 10.7. The van der Waals surface area contributed by atoms with E-state index < -0.39 is 72.3 Å². The lowest BCUT2D eigenvalue weighted by Crippen LogP contribution is -2.59. The van der Waals surface area contributed by atoms with Crippen molar-refractivity contribution < 1.29 is 39.0 Å². The van der Waals surface area contributed by atoms with Crippen LogP contribution in [-0.2, 0) is 41.6 Å². The number of hydrogen-bond donors (Lipinski definition) is 10. The lowest BCUT2D eigenvalue weighted by atomic mass is 10.1. The van der Waals surface area contributed by atoms with Gasteiger partial charge in [0.1, 0.15) is 30.2 Å². The number of aliphatic hydroxyl groups excluding tert-OH is 1. The number of aromatic amines is 2. The van der Waals surface area contributed by atoms with Crippen LogP contribution in [0.15, 0.2) is 25.0 Å². The summed E-state index contributed by atoms with van der Waals surface area (Å²) in [5.41, 5.74) is 11.7. The Morgan fingerprint density at radius 3 is 1.77 bits per heavy atom. The van der Waals surface area contributed by atoms with Crippen LogP contribution in [0, 0.1) is 0 Å². The molecule has 0 spiro atoms. The van der Waals surface area contributed by atoms with Crippen LogP contribution in [0.2, 0.25) is 0 Å². The minimum Gasteiger partial charge on any atom is -0.480 e. The van der Waals surface area contributed by atoms with Crippen LogP contribution < -0.4 is 32.7 Å². The quantitative estimate of drug-likeness (QED) is 0.0670. The van der Waals surface area contributed by atoms with Crippen LogP contribution >= 0.6 is 11.8 Å². The summed E-state index contributed by atoms with van der Waals surface area (Å²) >= 11 is 1.38. The third-order valence-corrected chi connectivity index (χ3v) is 6.94. The number of rotatable bonds is 20. The summed E-state index contributed by atoms with van der Waals surface area (Å²) in [6.45, 7) is -0.695. The van der Waals surface area contributed by atoms with E-state index in [-0.39, 0.29) is 32.1 Å². The van der Waals surface area contributed by atoms with Gasteiger partial charge in [-0.25, -0.2) is 14.8 Å². The number of hydrogen-bond acceptors (Lipinski definition) is 11. The van der Waals surface area contributed by atoms with Gasteiger partial charge in [0.15, 0.2) is 0 Å². The Bertz CT molecular complexity index is 1240. The minimum atomic E-state index is -1.35. The summed E-state index contributed by atoms with van der Waals surface area (Å²) in [6, 6.07) is -6.49. The Kier molecular flexibility index (Phi) is 14.8. The molecule has 0 unspecified atom stereocenters. The van der Waals surface area contributed by atoms with Crippen LogP contribution in [0.25, 0.3) is 0 Å². The van der Waals surface area contributed by atoms with Crippen molar-refractivity contribution in [2.75, 3.05) is 18.6 Å². The minimum absolute atomic E-state index is 0.0898. The molecule has 5 atom stereocenters. The maximum atomic E-state index is 13.5. The van der Waals surface area contributed by atoms with E-state index in [0.29, 0.717) is 17.1 Å². The zero-order chi connectivity index (χ0) is 32.6. The van der Waals surface area contributed by atoms with E-state index in [1.807, 2.05) is 0 Å². The van der Waals surface area contributed by atoms with E-state index in [0.717, 1.165) is 0 Å². The van der Waals surface area contributed by atoms with E-state index in [4.69, 9.17) is 16.6 Å². The molecule has 0 aliphatic rings. The highest BCUT2D eigenvalue weighted by atomic mass is 32.2. The summed E-state index contributed by atoms with van der Waals surface area (Å²) < 4.78 is 0. The standard InChI is InChI=1S/C25H38N10O8S/c1-44-5-4-17(33-22(39)16(2-3-20(27)37)32-21(38)15(26)10-36)23(40)34-18(6-13-8-28-11-30-13)24(41)35-19(25(42)43)7-14-9-29-12-31-14/h8-9,11-12,15-19,36H,2-7,10,26H2,1H3,(H2,27,37)(H,28,30)(H,29,31)(H,32,38)(H,33,39)(H,34,40)(H,35,41)(H,42,43)/t15-,16-,17-,18-,19-/m0/s1. The third kappa shape index (κ3) is 12.0. The van der Waals surface area contributed by atoms with E-state index >= 15 is 0 Å². The number of nitrogens with one attached hydrogen (secondary N) is 6. The molecule has 18 nitrogen and oxygen atoms in total. The van der Waals surface area contributed by atoms with Gasteiger partial charge in [-0.1, -0.05) is 0 Å². The number of aliphatic hydroxyl groups is 1. The number of thioether (sulfide) groups is 1. The summed E-state index contributed by atoms with van der Waals surface area (Å²) in [7, 11) is 0. The molecule has 2 heterocycles. The van der Waals surface area contributed by atoms with Crippen LogP contribution in [0.4, 0.5) is 0 Å². The van der Waals surface area contributed by atoms with Gasteiger partial charge in [-0.05, 0) is 24.9 Å². The van der Waals surface area contributed by atoms with Gasteiger partial charge in [-0.3, -0.25) is 24.0 Å². The predicted octanol–water partition coefficient (Wildman–Crippen LogP) is -3.72. The lowest BCUT2D eigenvalue weighted by molar-refractivity contribution is -0.142. The largest absolute Gasteiger partial charge is 0.480 e. The molecule has 0 aliphatic heterocycles. The fourth-order valence-electron chi connectivity index (χ4n) is 3.88. The van der Waals surface area contributed by atoms with Crippen molar-refractivity contribution >= 4 is 47.3 Å². The van der Waals surface area contributed by atoms with E-state index in [1.165, 1.54) is 36.8 Å². The lowest BCUT2D eigenvalue weighted by Gasteiger charge is -2.26. The van der Waals surface area contributed by atoms with Crippen molar-refractivity contribution in [3.8, 4) is 0 Å². The third-order valence-electron chi connectivity index (χ3n) is 6.29. The molecule has 2 rings (SSSR count). The Morgan fingerprint density at radius 1 is 0.818 bits per heavy atom. The van der Waals surface area contributed by atoms with Gasteiger partial charge in [-0.15, -0.1) is 0 Å². The highest BCUT2D eigenvalue weighted by Crippen LogP contribution is 2.08. The number of aromatic nitrogens is 4. The fourth-order valence-corrected chi connectivity index (χ4v) is 4.35. The normalized spacial score (nSPS) is 14.3. The molecule has 0 saturated heterocycles. The number of carbonyl (C=O) groups excluding carboxylic acids is 5. The maximum Gasteiger partial charge on any atom is 0.326 e. The monoisotopic (exact) mass is 638 g/mol. The number of nitrogens with zero attached hydrogens (tertiary/aromatic N) is 2. The Labute approximate surface area is 256 Å². The number of carboxylic acid groups (broad SMARTS) is 1.